The number of carbonyl (C=O) groups excluding carboxylic acids is 1. The topological polar surface area (TPSA) is 103 Å². The van der Waals surface area contributed by atoms with Crippen molar-refractivity contribution in [1.29, 1.82) is 0 Å². The first-order chi connectivity index (χ1) is 9.89. The molecular weight excluding hydrogens is 291 g/mol. The van der Waals surface area contributed by atoms with Gasteiger partial charge >= 0.3 is 6.36 Å². The van der Waals surface area contributed by atoms with E-state index in [-0.39, 0.29) is 11.4 Å². The summed E-state index contributed by atoms with van der Waals surface area (Å²) in [5.41, 5.74) is 2.47. The zero-order valence-electron chi connectivity index (χ0n) is 10.3. The molecule has 0 fully saturated rings. The maximum Gasteiger partial charge on any atom is 0.574 e. The average Bonchev–Trinajstić information content (AvgIpc) is 2.45. The van der Waals surface area contributed by atoms with Gasteiger partial charge in [-0.3, -0.25) is 15.2 Å². The molecule has 7 nitrogen and oxygen atoms in total. The van der Waals surface area contributed by atoms with Crippen molar-refractivity contribution >= 4 is 5.91 Å². The van der Waals surface area contributed by atoms with Crippen LogP contribution in [0.15, 0.2) is 30.7 Å². The number of hydrogen-bond donors (Lipinski definition) is 2. The van der Waals surface area contributed by atoms with E-state index in [1.54, 1.807) is 0 Å². The Morgan fingerprint density at radius 3 is 2.57 bits per heavy atom. The number of nitrogens with zero attached hydrogens (tertiary/aromatic N) is 3. The summed E-state index contributed by atoms with van der Waals surface area (Å²) in [6.45, 7) is 0. The van der Waals surface area contributed by atoms with Gasteiger partial charge in [0.25, 0.3) is 5.91 Å². The number of rotatable bonds is 3. The second-order valence-corrected chi connectivity index (χ2v) is 3.70. The van der Waals surface area contributed by atoms with Gasteiger partial charge in [-0.2, -0.15) is 0 Å². The molecule has 21 heavy (non-hydrogen) atoms. The molecule has 0 saturated carbocycles. The lowest BCUT2D eigenvalue weighted by Crippen LogP contribution is -2.30. The van der Waals surface area contributed by atoms with Crippen LogP contribution in [0.4, 0.5) is 13.2 Å². The SMILES string of the molecule is NNC(=O)c1cncc(-c2ccc(OC(F)(F)F)nc2)n1. The van der Waals surface area contributed by atoms with Crippen LogP contribution in [0.5, 0.6) is 5.88 Å². The molecule has 0 spiro atoms. The number of amides is 1. The Labute approximate surface area is 116 Å². The Bertz CT molecular complexity index is 645. The van der Waals surface area contributed by atoms with Gasteiger partial charge in [0.1, 0.15) is 5.69 Å². The number of carbonyl (C=O) groups is 1. The Morgan fingerprint density at radius 2 is 2.00 bits per heavy atom. The summed E-state index contributed by atoms with van der Waals surface area (Å²) in [4.78, 5) is 22.6. The highest BCUT2D eigenvalue weighted by molar-refractivity contribution is 5.91. The van der Waals surface area contributed by atoms with Gasteiger partial charge in [-0.15, -0.1) is 13.2 Å². The number of hydrogen-bond acceptors (Lipinski definition) is 6. The van der Waals surface area contributed by atoms with E-state index in [9.17, 15) is 18.0 Å². The molecule has 0 aliphatic rings. The minimum Gasteiger partial charge on any atom is -0.388 e. The molecule has 10 heteroatoms. The van der Waals surface area contributed by atoms with Crippen LogP contribution >= 0.6 is 0 Å². The molecular formula is C11H8F3N5O2. The van der Waals surface area contributed by atoms with Crippen LogP contribution in [0, 0.1) is 0 Å². The van der Waals surface area contributed by atoms with Crippen molar-refractivity contribution in [3.8, 4) is 17.1 Å². The Balaban J connectivity index is 2.25. The van der Waals surface area contributed by atoms with Gasteiger partial charge in [-0.1, -0.05) is 0 Å². The van der Waals surface area contributed by atoms with E-state index in [4.69, 9.17) is 5.84 Å². The highest BCUT2D eigenvalue weighted by Gasteiger charge is 2.31. The summed E-state index contributed by atoms with van der Waals surface area (Å²) in [5, 5.41) is 0. The zero-order valence-corrected chi connectivity index (χ0v) is 10.3. The lowest BCUT2D eigenvalue weighted by atomic mass is 10.2. The van der Waals surface area contributed by atoms with E-state index in [1.807, 2.05) is 5.43 Å². The largest absolute Gasteiger partial charge is 0.574 e. The van der Waals surface area contributed by atoms with Gasteiger partial charge in [0.05, 0.1) is 18.1 Å². The molecule has 0 atom stereocenters. The normalized spacial score (nSPS) is 11.0. The predicted molar refractivity (Wildman–Crippen MR) is 63.6 cm³/mol. The molecule has 0 saturated heterocycles. The molecule has 2 rings (SSSR count). The lowest BCUT2D eigenvalue weighted by molar-refractivity contribution is -0.276. The Kier molecular flexibility index (Phi) is 3.98. The van der Waals surface area contributed by atoms with Crippen LogP contribution in [0.1, 0.15) is 10.5 Å². The number of alkyl halides is 3. The van der Waals surface area contributed by atoms with Gasteiger partial charge in [0.15, 0.2) is 0 Å². The van der Waals surface area contributed by atoms with Crippen LogP contribution < -0.4 is 16.0 Å². The van der Waals surface area contributed by atoms with Crippen molar-refractivity contribution in [2.45, 2.75) is 6.36 Å². The molecule has 1 amide bonds. The van der Waals surface area contributed by atoms with Crippen molar-refractivity contribution in [3.63, 3.8) is 0 Å². The molecule has 3 N–H and O–H groups in total. The molecule has 2 aromatic heterocycles. The van der Waals surface area contributed by atoms with E-state index in [1.165, 1.54) is 18.5 Å². The molecule has 0 radical (unpaired) electrons. The fourth-order valence-corrected chi connectivity index (χ4v) is 1.40. The highest BCUT2D eigenvalue weighted by atomic mass is 19.4. The number of ether oxygens (including phenoxy) is 1. The minimum absolute atomic E-state index is 0.0365. The summed E-state index contributed by atoms with van der Waals surface area (Å²) < 4.78 is 39.7. The summed E-state index contributed by atoms with van der Waals surface area (Å²) in [6.07, 6.45) is -1.17. The monoisotopic (exact) mass is 299 g/mol. The molecule has 2 heterocycles. The molecule has 0 bridgehead atoms. The van der Waals surface area contributed by atoms with Crippen molar-refractivity contribution in [2.75, 3.05) is 0 Å². The van der Waals surface area contributed by atoms with Gasteiger partial charge < -0.3 is 4.74 Å². The molecule has 0 unspecified atom stereocenters. The third kappa shape index (κ3) is 3.86. The highest BCUT2D eigenvalue weighted by Crippen LogP contribution is 2.23. The van der Waals surface area contributed by atoms with E-state index in [0.717, 1.165) is 12.3 Å². The molecule has 0 aliphatic carbocycles. The number of nitrogens with one attached hydrogen (secondary N) is 1. The lowest BCUT2D eigenvalue weighted by Gasteiger charge is -2.08. The van der Waals surface area contributed by atoms with Gasteiger partial charge in [-0.05, 0) is 6.07 Å². The molecule has 2 aromatic rings. The molecule has 110 valence electrons. The second-order valence-electron chi connectivity index (χ2n) is 3.70. The summed E-state index contributed by atoms with van der Waals surface area (Å²) in [7, 11) is 0. The van der Waals surface area contributed by atoms with Gasteiger partial charge in [-0.25, -0.2) is 15.8 Å². The minimum atomic E-state index is -4.81. The quantitative estimate of drug-likeness (QED) is 0.498. The number of halogens is 3. The summed E-state index contributed by atoms with van der Waals surface area (Å²) in [6, 6.07) is 2.34. The summed E-state index contributed by atoms with van der Waals surface area (Å²) >= 11 is 0. The summed E-state index contributed by atoms with van der Waals surface area (Å²) in [5.74, 6) is 3.72. The average molecular weight is 299 g/mol. The van der Waals surface area contributed by atoms with E-state index in [0.29, 0.717) is 5.56 Å². The Hall–Kier alpha value is -2.75. The first-order valence-electron chi connectivity index (χ1n) is 5.44. The standard InChI is InChI=1S/C11H8F3N5O2/c12-11(13,14)21-9-2-1-6(3-17-9)7-4-16-5-8(18-7)10(20)19-15/h1-5H,15H2,(H,19,20). The van der Waals surface area contributed by atoms with E-state index < -0.39 is 18.1 Å². The van der Waals surface area contributed by atoms with Crippen LogP contribution in [0.3, 0.4) is 0 Å². The van der Waals surface area contributed by atoms with Crippen molar-refractivity contribution in [1.82, 2.24) is 20.4 Å². The number of hydrazine groups is 1. The fraction of sp³-hybridized carbons (Fsp3) is 0.0909. The van der Waals surface area contributed by atoms with Crippen molar-refractivity contribution in [2.24, 2.45) is 5.84 Å². The fourth-order valence-electron chi connectivity index (χ4n) is 1.40. The number of pyridine rings is 1. The van der Waals surface area contributed by atoms with Crippen LogP contribution in [-0.2, 0) is 0 Å². The zero-order chi connectivity index (χ0) is 15.5. The first kappa shape index (κ1) is 14.7. The number of aromatic nitrogens is 3. The number of nitrogen functional groups attached to an aromatic ring is 1. The Morgan fingerprint density at radius 1 is 1.24 bits per heavy atom. The smallest absolute Gasteiger partial charge is 0.388 e. The molecule has 0 aromatic carbocycles. The van der Waals surface area contributed by atoms with E-state index >= 15 is 0 Å². The van der Waals surface area contributed by atoms with Crippen LogP contribution in [0.25, 0.3) is 11.3 Å². The van der Waals surface area contributed by atoms with Crippen LogP contribution in [-0.4, -0.2) is 27.2 Å². The second kappa shape index (κ2) is 5.71. The third-order valence-corrected chi connectivity index (χ3v) is 2.25. The maximum absolute atomic E-state index is 12.0. The van der Waals surface area contributed by atoms with Gasteiger partial charge in [0.2, 0.25) is 5.88 Å². The molecule has 0 aliphatic heterocycles. The van der Waals surface area contributed by atoms with Crippen molar-refractivity contribution < 1.29 is 22.7 Å². The van der Waals surface area contributed by atoms with Crippen molar-refractivity contribution in [3.05, 3.63) is 36.4 Å². The predicted octanol–water partition coefficient (Wildman–Crippen LogP) is 1.04. The van der Waals surface area contributed by atoms with Crippen LogP contribution in [0.2, 0.25) is 0 Å². The van der Waals surface area contributed by atoms with Gasteiger partial charge in [0, 0.05) is 17.8 Å². The maximum atomic E-state index is 12.0. The first-order valence-corrected chi connectivity index (χ1v) is 5.44. The van der Waals surface area contributed by atoms with E-state index in [2.05, 4.69) is 19.7 Å². The number of nitrogens with two attached hydrogens (primary N) is 1. The third-order valence-electron chi connectivity index (χ3n) is 2.25.